The summed E-state index contributed by atoms with van der Waals surface area (Å²) in [4.78, 5) is 0. The predicted octanol–water partition coefficient (Wildman–Crippen LogP) is 8.49. The first-order valence-electron chi connectivity index (χ1n) is 10.9. The van der Waals surface area contributed by atoms with Crippen LogP contribution in [0.2, 0.25) is 18.1 Å². The van der Waals surface area contributed by atoms with Crippen molar-refractivity contribution in [2.75, 3.05) is 0 Å². The first-order chi connectivity index (χ1) is 11.2. The van der Waals surface area contributed by atoms with Gasteiger partial charge in [0.1, 0.15) is 0 Å². The van der Waals surface area contributed by atoms with E-state index < -0.39 is 8.32 Å². The summed E-state index contributed by atoms with van der Waals surface area (Å²) in [6.07, 6.45) is 18.6. The number of hydrogen-bond donors (Lipinski definition) is 0. The molecule has 0 aromatic rings. The van der Waals surface area contributed by atoms with Crippen LogP contribution in [0.15, 0.2) is 0 Å². The molecule has 0 saturated carbocycles. The van der Waals surface area contributed by atoms with Crippen LogP contribution in [0.5, 0.6) is 0 Å². The van der Waals surface area contributed by atoms with E-state index in [2.05, 4.69) is 47.7 Å². The quantitative estimate of drug-likeness (QED) is 0.211. The van der Waals surface area contributed by atoms with Crippen LogP contribution in [-0.2, 0) is 4.43 Å². The van der Waals surface area contributed by atoms with Gasteiger partial charge in [-0.1, -0.05) is 105 Å². The predicted molar refractivity (Wildman–Crippen MR) is 113 cm³/mol. The first-order valence-corrected chi connectivity index (χ1v) is 13.8. The van der Waals surface area contributed by atoms with Crippen molar-refractivity contribution in [3.05, 3.63) is 0 Å². The van der Waals surface area contributed by atoms with Crippen LogP contribution in [0.1, 0.15) is 118 Å². The zero-order chi connectivity index (χ0) is 18.5. The van der Waals surface area contributed by atoms with E-state index >= 15 is 0 Å². The molecule has 1 unspecified atom stereocenters. The topological polar surface area (TPSA) is 9.23 Å². The van der Waals surface area contributed by atoms with Crippen LogP contribution in [0, 0.1) is 0 Å². The lowest BCUT2D eigenvalue weighted by Gasteiger charge is -2.39. The first kappa shape index (κ1) is 24.2. The van der Waals surface area contributed by atoms with Gasteiger partial charge in [-0.15, -0.1) is 0 Å². The third-order valence-electron chi connectivity index (χ3n) is 5.85. The second-order valence-corrected chi connectivity index (χ2v) is 14.0. The minimum absolute atomic E-state index is 0.331. The Bertz CT molecular complexity index is 280. The molecule has 0 radical (unpaired) electrons. The second kappa shape index (κ2) is 13.4. The van der Waals surface area contributed by atoms with Gasteiger partial charge in [0.25, 0.3) is 0 Å². The summed E-state index contributed by atoms with van der Waals surface area (Å²) in [6, 6.07) is 0. The number of unbranched alkanes of at least 4 members (excludes halogenated alkanes) is 10. The van der Waals surface area contributed by atoms with Crippen molar-refractivity contribution in [2.24, 2.45) is 0 Å². The molecule has 0 N–H and O–H groups in total. The number of rotatable bonds is 15. The molecule has 0 amide bonds. The van der Waals surface area contributed by atoms with E-state index in [1.807, 2.05) is 0 Å². The molecule has 0 aliphatic heterocycles. The fourth-order valence-electron chi connectivity index (χ4n) is 2.98. The molecule has 0 spiro atoms. The van der Waals surface area contributed by atoms with Crippen molar-refractivity contribution in [1.82, 2.24) is 0 Å². The summed E-state index contributed by atoms with van der Waals surface area (Å²) in [5.74, 6) is 0. The molecule has 0 aromatic carbocycles. The zero-order valence-electron chi connectivity index (χ0n) is 18.2. The van der Waals surface area contributed by atoms with Gasteiger partial charge in [-0.05, 0) is 31.0 Å². The standard InChI is InChI=1S/C22H48OSi/c1-8-10-11-12-13-14-15-16-17-18-19-20-21(9-2)23-24(6,7)22(3,4)5/h21H,8-20H2,1-7H3. The molecule has 0 fully saturated rings. The molecule has 146 valence electrons. The van der Waals surface area contributed by atoms with E-state index in [1.165, 1.54) is 83.5 Å². The highest BCUT2D eigenvalue weighted by atomic mass is 28.4. The molecule has 0 heterocycles. The summed E-state index contributed by atoms with van der Waals surface area (Å²) >= 11 is 0. The van der Waals surface area contributed by atoms with Gasteiger partial charge < -0.3 is 4.43 Å². The van der Waals surface area contributed by atoms with Crippen molar-refractivity contribution in [3.8, 4) is 0 Å². The summed E-state index contributed by atoms with van der Waals surface area (Å²) in [7, 11) is -1.59. The maximum Gasteiger partial charge on any atom is 0.192 e. The molecular formula is C22H48OSi. The molecular weight excluding hydrogens is 308 g/mol. The van der Waals surface area contributed by atoms with E-state index in [-0.39, 0.29) is 0 Å². The van der Waals surface area contributed by atoms with Gasteiger partial charge in [0.05, 0.1) is 0 Å². The Morgan fingerprint density at radius 2 is 1.12 bits per heavy atom. The minimum atomic E-state index is -1.59. The molecule has 0 bridgehead atoms. The third kappa shape index (κ3) is 11.7. The van der Waals surface area contributed by atoms with Crippen LogP contribution in [0.4, 0.5) is 0 Å². The summed E-state index contributed by atoms with van der Waals surface area (Å²) < 4.78 is 6.58. The Labute approximate surface area is 155 Å². The Morgan fingerprint density at radius 1 is 0.708 bits per heavy atom. The van der Waals surface area contributed by atoms with Gasteiger partial charge >= 0.3 is 0 Å². The molecule has 0 saturated heterocycles. The van der Waals surface area contributed by atoms with Gasteiger partial charge in [-0.3, -0.25) is 0 Å². The molecule has 1 nitrogen and oxygen atoms in total. The Hall–Kier alpha value is 0.177. The third-order valence-corrected chi connectivity index (χ3v) is 10.4. The highest BCUT2D eigenvalue weighted by Crippen LogP contribution is 2.38. The van der Waals surface area contributed by atoms with Gasteiger partial charge in [0, 0.05) is 6.10 Å². The van der Waals surface area contributed by atoms with Crippen LogP contribution >= 0.6 is 0 Å². The van der Waals surface area contributed by atoms with Gasteiger partial charge in [0.2, 0.25) is 0 Å². The molecule has 0 aromatic heterocycles. The van der Waals surface area contributed by atoms with Gasteiger partial charge in [0.15, 0.2) is 8.32 Å². The van der Waals surface area contributed by atoms with Gasteiger partial charge in [-0.25, -0.2) is 0 Å². The zero-order valence-corrected chi connectivity index (χ0v) is 19.2. The van der Waals surface area contributed by atoms with Crippen molar-refractivity contribution in [1.29, 1.82) is 0 Å². The van der Waals surface area contributed by atoms with E-state index in [4.69, 9.17) is 4.43 Å². The highest BCUT2D eigenvalue weighted by molar-refractivity contribution is 6.74. The van der Waals surface area contributed by atoms with E-state index in [9.17, 15) is 0 Å². The van der Waals surface area contributed by atoms with Crippen LogP contribution in [0.25, 0.3) is 0 Å². The summed E-state index contributed by atoms with van der Waals surface area (Å²) in [5.41, 5.74) is 0. The SMILES string of the molecule is CCCCCCCCCCCCCC(CC)O[Si](C)(C)C(C)(C)C. The fraction of sp³-hybridized carbons (Fsp3) is 1.00. The Kier molecular flexibility index (Phi) is 13.5. The molecule has 24 heavy (non-hydrogen) atoms. The maximum absolute atomic E-state index is 6.58. The second-order valence-electron chi connectivity index (χ2n) is 9.23. The van der Waals surface area contributed by atoms with E-state index in [1.54, 1.807) is 0 Å². The number of hydrogen-bond acceptors (Lipinski definition) is 1. The summed E-state index contributed by atoms with van der Waals surface area (Å²) in [6.45, 7) is 16.4. The van der Waals surface area contributed by atoms with Crippen LogP contribution in [-0.4, -0.2) is 14.4 Å². The van der Waals surface area contributed by atoms with Gasteiger partial charge in [-0.2, -0.15) is 0 Å². The normalized spacial score (nSPS) is 14.1. The van der Waals surface area contributed by atoms with Crippen LogP contribution in [0.3, 0.4) is 0 Å². The summed E-state index contributed by atoms with van der Waals surface area (Å²) in [5, 5.41) is 0.331. The molecule has 2 heteroatoms. The lowest BCUT2D eigenvalue weighted by Crippen LogP contribution is -2.43. The highest BCUT2D eigenvalue weighted by Gasteiger charge is 2.38. The molecule has 0 aliphatic rings. The van der Waals surface area contributed by atoms with E-state index in [0.717, 1.165) is 0 Å². The molecule has 1 atom stereocenters. The van der Waals surface area contributed by atoms with E-state index in [0.29, 0.717) is 11.1 Å². The minimum Gasteiger partial charge on any atom is -0.414 e. The lowest BCUT2D eigenvalue weighted by molar-refractivity contribution is 0.163. The van der Waals surface area contributed by atoms with Crippen molar-refractivity contribution in [3.63, 3.8) is 0 Å². The monoisotopic (exact) mass is 356 g/mol. The van der Waals surface area contributed by atoms with Crippen molar-refractivity contribution >= 4 is 8.32 Å². The average Bonchev–Trinajstić information content (AvgIpc) is 2.50. The average molecular weight is 357 g/mol. The molecule has 0 rings (SSSR count). The lowest BCUT2D eigenvalue weighted by atomic mass is 10.0. The van der Waals surface area contributed by atoms with Crippen LogP contribution < -0.4 is 0 Å². The maximum atomic E-state index is 6.58. The molecule has 0 aliphatic carbocycles. The Morgan fingerprint density at radius 3 is 1.50 bits per heavy atom. The Balaban J connectivity index is 3.64. The fourth-order valence-corrected chi connectivity index (χ4v) is 4.45. The smallest absolute Gasteiger partial charge is 0.192 e. The van der Waals surface area contributed by atoms with Crippen molar-refractivity contribution < 1.29 is 4.43 Å². The largest absolute Gasteiger partial charge is 0.414 e. The van der Waals surface area contributed by atoms with Crippen molar-refractivity contribution in [2.45, 2.75) is 142 Å².